The van der Waals surface area contributed by atoms with E-state index in [1.54, 1.807) is 51.7 Å². The van der Waals surface area contributed by atoms with E-state index in [1.165, 1.54) is 0 Å². The van der Waals surface area contributed by atoms with Gasteiger partial charge < -0.3 is 19.5 Å². The molecular weight excluding hydrogens is 398 g/mol. The molecule has 0 aliphatic rings. The number of carbonyl (C=O) groups is 1. The zero-order valence-electron chi connectivity index (χ0n) is 13.5. The van der Waals surface area contributed by atoms with Crippen LogP contribution in [0.15, 0.2) is 34.8 Å². The van der Waals surface area contributed by atoms with Crippen LogP contribution in [0.25, 0.3) is 0 Å². The van der Waals surface area contributed by atoms with Gasteiger partial charge in [0.1, 0.15) is 5.75 Å². The highest BCUT2D eigenvalue weighted by atomic mass is 79.9. The standard InChI is InChI=1S/C17H17BrClNO4/c1-22-14-8-16(24-3)15(23-2)6-10(14)9-20-17(21)12-5-4-11(18)7-13(12)19/h4-8H,9H2,1-3H3,(H,20,21). The van der Waals surface area contributed by atoms with E-state index < -0.39 is 0 Å². The summed E-state index contributed by atoms with van der Waals surface area (Å²) >= 11 is 9.41. The molecule has 1 amide bonds. The number of hydrogen-bond donors (Lipinski definition) is 1. The Morgan fingerprint density at radius 1 is 1.04 bits per heavy atom. The minimum absolute atomic E-state index is 0.259. The average molecular weight is 415 g/mol. The Balaban J connectivity index is 2.20. The van der Waals surface area contributed by atoms with Gasteiger partial charge in [0.05, 0.1) is 31.9 Å². The van der Waals surface area contributed by atoms with Crippen molar-refractivity contribution in [3.05, 3.63) is 51.0 Å². The van der Waals surface area contributed by atoms with Crippen LogP contribution in [-0.2, 0) is 6.54 Å². The van der Waals surface area contributed by atoms with Crippen molar-refractivity contribution in [2.45, 2.75) is 6.54 Å². The largest absolute Gasteiger partial charge is 0.496 e. The molecule has 0 saturated heterocycles. The minimum Gasteiger partial charge on any atom is -0.496 e. The van der Waals surface area contributed by atoms with Crippen molar-refractivity contribution in [2.75, 3.05) is 21.3 Å². The lowest BCUT2D eigenvalue weighted by atomic mass is 10.1. The van der Waals surface area contributed by atoms with Gasteiger partial charge in [-0.05, 0) is 24.3 Å². The lowest BCUT2D eigenvalue weighted by Gasteiger charge is -2.15. The lowest BCUT2D eigenvalue weighted by Crippen LogP contribution is -2.23. The maximum Gasteiger partial charge on any atom is 0.253 e. The van der Waals surface area contributed by atoms with Gasteiger partial charge in [0, 0.05) is 22.6 Å². The first kappa shape index (κ1) is 18.4. The van der Waals surface area contributed by atoms with Gasteiger partial charge in [-0.2, -0.15) is 0 Å². The average Bonchev–Trinajstić information content (AvgIpc) is 2.58. The molecule has 24 heavy (non-hydrogen) atoms. The number of hydrogen-bond acceptors (Lipinski definition) is 4. The summed E-state index contributed by atoms with van der Waals surface area (Å²) in [7, 11) is 4.65. The van der Waals surface area contributed by atoms with Crippen molar-refractivity contribution in [1.82, 2.24) is 5.32 Å². The Morgan fingerprint density at radius 3 is 2.25 bits per heavy atom. The number of halogens is 2. The SMILES string of the molecule is COc1cc(OC)c(OC)cc1CNC(=O)c1ccc(Br)cc1Cl. The van der Waals surface area contributed by atoms with E-state index in [2.05, 4.69) is 21.2 Å². The molecule has 0 saturated carbocycles. The highest BCUT2D eigenvalue weighted by Gasteiger charge is 2.14. The maximum absolute atomic E-state index is 12.3. The molecule has 0 spiro atoms. The number of methoxy groups -OCH3 is 3. The smallest absolute Gasteiger partial charge is 0.253 e. The van der Waals surface area contributed by atoms with E-state index in [-0.39, 0.29) is 12.5 Å². The first-order valence-corrected chi connectivity index (χ1v) is 8.19. The molecule has 0 bridgehead atoms. The predicted octanol–water partition coefficient (Wildman–Crippen LogP) is 4.06. The molecule has 2 rings (SSSR count). The summed E-state index contributed by atoms with van der Waals surface area (Å²) in [5.74, 6) is 1.43. The Morgan fingerprint density at radius 2 is 1.67 bits per heavy atom. The van der Waals surface area contributed by atoms with Crippen LogP contribution in [0, 0.1) is 0 Å². The second kappa shape index (κ2) is 8.26. The molecule has 2 aromatic carbocycles. The number of benzene rings is 2. The molecule has 0 aromatic heterocycles. The van der Waals surface area contributed by atoms with Gasteiger partial charge in [0.2, 0.25) is 0 Å². The van der Waals surface area contributed by atoms with Gasteiger partial charge in [-0.15, -0.1) is 0 Å². The number of amides is 1. The zero-order valence-corrected chi connectivity index (χ0v) is 15.8. The van der Waals surface area contributed by atoms with Crippen molar-refractivity contribution >= 4 is 33.4 Å². The Bertz CT molecular complexity index is 752. The lowest BCUT2D eigenvalue weighted by molar-refractivity contribution is 0.0951. The molecule has 5 nitrogen and oxygen atoms in total. The molecule has 0 atom stereocenters. The summed E-state index contributed by atoms with van der Waals surface area (Å²) in [4.78, 5) is 12.3. The Hall–Kier alpha value is -1.92. The van der Waals surface area contributed by atoms with Crippen molar-refractivity contribution < 1.29 is 19.0 Å². The van der Waals surface area contributed by atoms with E-state index in [0.29, 0.717) is 27.8 Å². The molecule has 0 aliphatic carbocycles. The van der Waals surface area contributed by atoms with Gasteiger partial charge in [0.25, 0.3) is 5.91 Å². The van der Waals surface area contributed by atoms with Gasteiger partial charge in [-0.3, -0.25) is 4.79 Å². The summed E-state index contributed by atoms with van der Waals surface area (Å²) in [5, 5.41) is 3.20. The van der Waals surface area contributed by atoms with E-state index in [4.69, 9.17) is 25.8 Å². The zero-order chi connectivity index (χ0) is 17.7. The van der Waals surface area contributed by atoms with Crippen LogP contribution in [0.3, 0.4) is 0 Å². The highest BCUT2D eigenvalue weighted by Crippen LogP contribution is 2.34. The van der Waals surface area contributed by atoms with Crippen LogP contribution >= 0.6 is 27.5 Å². The number of carbonyl (C=O) groups excluding carboxylic acids is 1. The first-order valence-electron chi connectivity index (χ1n) is 7.02. The second-order valence-corrected chi connectivity index (χ2v) is 6.15. The van der Waals surface area contributed by atoms with Crippen LogP contribution in [0.2, 0.25) is 5.02 Å². The molecule has 2 aromatic rings. The van der Waals surface area contributed by atoms with Gasteiger partial charge in [-0.25, -0.2) is 0 Å². The summed E-state index contributed by atoms with van der Waals surface area (Å²) in [5.41, 5.74) is 1.16. The highest BCUT2D eigenvalue weighted by molar-refractivity contribution is 9.10. The van der Waals surface area contributed by atoms with Crippen LogP contribution in [0.1, 0.15) is 15.9 Å². The van der Waals surface area contributed by atoms with Crippen LogP contribution in [-0.4, -0.2) is 27.2 Å². The fraction of sp³-hybridized carbons (Fsp3) is 0.235. The quantitative estimate of drug-likeness (QED) is 0.774. The van der Waals surface area contributed by atoms with E-state index in [0.717, 1.165) is 10.0 Å². The molecular formula is C17H17BrClNO4. The monoisotopic (exact) mass is 413 g/mol. The molecule has 0 heterocycles. The Kier molecular flexibility index (Phi) is 6.34. The van der Waals surface area contributed by atoms with Crippen molar-refractivity contribution in [2.24, 2.45) is 0 Å². The fourth-order valence-corrected chi connectivity index (χ4v) is 2.93. The third-order valence-electron chi connectivity index (χ3n) is 3.40. The van der Waals surface area contributed by atoms with Crippen molar-refractivity contribution in [3.8, 4) is 17.2 Å². The Labute approximate surface area is 154 Å². The molecule has 128 valence electrons. The van der Waals surface area contributed by atoms with Crippen LogP contribution in [0.4, 0.5) is 0 Å². The minimum atomic E-state index is -0.274. The fourth-order valence-electron chi connectivity index (χ4n) is 2.17. The summed E-state index contributed by atoms with van der Waals surface area (Å²) in [6.07, 6.45) is 0. The number of nitrogens with one attached hydrogen (secondary N) is 1. The number of ether oxygens (including phenoxy) is 3. The first-order chi connectivity index (χ1) is 11.5. The topological polar surface area (TPSA) is 56.8 Å². The third-order valence-corrected chi connectivity index (χ3v) is 4.21. The summed E-state index contributed by atoms with van der Waals surface area (Å²) in [6.45, 7) is 0.259. The molecule has 0 fully saturated rings. The normalized spacial score (nSPS) is 10.2. The van der Waals surface area contributed by atoms with Crippen LogP contribution < -0.4 is 19.5 Å². The summed E-state index contributed by atoms with van der Waals surface area (Å²) < 4.78 is 16.7. The molecule has 0 aliphatic heterocycles. The van der Waals surface area contributed by atoms with E-state index >= 15 is 0 Å². The molecule has 0 unspecified atom stereocenters. The van der Waals surface area contributed by atoms with E-state index in [9.17, 15) is 4.79 Å². The third kappa shape index (κ3) is 4.13. The van der Waals surface area contributed by atoms with Gasteiger partial charge in [-0.1, -0.05) is 27.5 Å². The van der Waals surface area contributed by atoms with Crippen molar-refractivity contribution in [3.63, 3.8) is 0 Å². The maximum atomic E-state index is 12.3. The van der Waals surface area contributed by atoms with Crippen molar-refractivity contribution in [1.29, 1.82) is 0 Å². The molecule has 0 radical (unpaired) electrons. The summed E-state index contributed by atoms with van der Waals surface area (Å²) in [6, 6.07) is 8.58. The van der Waals surface area contributed by atoms with E-state index in [1.807, 2.05) is 0 Å². The van der Waals surface area contributed by atoms with Gasteiger partial charge >= 0.3 is 0 Å². The molecule has 7 heteroatoms. The number of rotatable bonds is 6. The van der Waals surface area contributed by atoms with Gasteiger partial charge in [0.15, 0.2) is 11.5 Å². The predicted molar refractivity (Wildman–Crippen MR) is 96.4 cm³/mol. The molecule has 1 N–H and O–H groups in total. The van der Waals surface area contributed by atoms with Crippen LogP contribution in [0.5, 0.6) is 17.2 Å². The second-order valence-electron chi connectivity index (χ2n) is 4.83.